The van der Waals surface area contributed by atoms with Crippen LogP contribution in [0, 0.1) is 0 Å². The molecule has 2 aromatic carbocycles. The molecule has 0 saturated heterocycles. The quantitative estimate of drug-likeness (QED) is 0.673. The van der Waals surface area contributed by atoms with Crippen molar-refractivity contribution < 1.29 is 14.7 Å². The van der Waals surface area contributed by atoms with Crippen LogP contribution in [-0.4, -0.2) is 27.0 Å². The average molecular weight is 323 g/mol. The molecular formula is C18H17N3O3. The number of carbonyl (C=O) groups excluding carboxylic acids is 1. The zero-order chi connectivity index (χ0) is 17.1. The lowest BCUT2D eigenvalue weighted by atomic mass is 10.0. The second kappa shape index (κ2) is 6.54. The predicted octanol–water partition coefficient (Wildman–Crippen LogP) is 2.68. The van der Waals surface area contributed by atoms with Gasteiger partial charge in [-0.05, 0) is 30.7 Å². The zero-order valence-corrected chi connectivity index (χ0v) is 13.1. The van der Waals surface area contributed by atoms with Gasteiger partial charge in [0.15, 0.2) is 0 Å². The number of carboxylic acid groups (broad SMARTS) is 1. The normalized spacial score (nSPS) is 12.0. The lowest BCUT2D eigenvalue weighted by Crippen LogP contribution is -2.29. The Labute approximate surface area is 138 Å². The number of H-pyrrole nitrogens is 1. The standard InChI is InChI=1S/C18H17N3O3/c1-11(17-20-14-8-4-5-9-15(14)21-17)19-16(22)10-12-6-2-3-7-13(12)18(23)24/h2-9,11H,10H2,1H3,(H,19,22)(H,20,21)(H,23,24)/t11-/m0/s1. The molecule has 1 heterocycles. The van der Waals surface area contributed by atoms with Gasteiger partial charge in [0.25, 0.3) is 0 Å². The molecule has 0 aliphatic heterocycles. The average Bonchev–Trinajstić information content (AvgIpc) is 2.99. The molecule has 0 bridgehead atoms. The molecule has 0 spiro atoms. The third kappa shape index (κ3) is 3.27. The molecule has 6 nitrogen and oxygen atoms in total. The number of fused-ring (bicyclic) bond motifs is 1. The first-order valence-corrected chi connectivity index (χ1v) is 7.60. The predicted molar refractivity (Wildman–Crippen MR) is 89.8 cm³/mol. The number of carbonyl (C=O) groups is 2. The van der Waals surface area contributed by atoms with E-state index < -0.39 is 5.97 Å². The van der Waals surface area contributed by atoms with Crippen molar-refractivity contribution in [3.05, 3.63) is 65.5 Å². The molecule has 1 amide bonds. The minimum Gasteiger partial charge on any atom is -0.478 e. The lowest BCUT2D eigenvalue weighted by Gasteiger charge is -2.12. The Kier molecular flexibility index (Phi) is 4.29. The van der Waals surface area contributed by atoms with Crippen LogP contribution < -0.4 is 5.32 Å². The maximum absolute atomic E-state index is 12.2. The lowest BCUT2D eigenvalue weighted by molar-refractivity contribution is -0.121. The van der Waals surface area contributed by atoms with E-state index in [1.807, 2.05) is 31.2 Å². The van der Waals surface area contributed by atoms with Gasteiger partial charge in [0, 0.05) is 0 Å². The Morgan fingerprint density at radius 1 is 1.17 bits per heavy atom. The maximum atomic E-state index is 12.2. The second-order valence-electron chi connectivity index (χ2n) is 5.57. The largest absolute Gasteiger partial charge is 0.478 e. The summed E-state index contributed by atoms with van der Waals surface area (Å²) in [7, 11) is 0. The molecule has 3 aromatic rings. The van der Waals surface area contributed by atoms with Crippen molar-refractivity contribution in [1.82, 2.24) is 15.3 Å². The van der Waals surface area contributed by atoms with Crippen LogP contribution in [0.25, 0.3) is 11.0 Å². The second-order valence-corrected chi connectivity index (χ2v) is 5.57. The topological polar surface area (TPSA) is 95.1 Å². The van der Waals surface area contributed by atoms with Gasteiger partial charge in [-0.1, -0.05) is 30.3 Å². The van der Waals surface area contributed by atoms with Crippen LogP contribution in [0.5, 0.6) is 0 Å². The first-order valence-electron chi connectivity index (χ1n) is 7.60. The van der Waals surface area contributed by atoms with Crippen molar-refractivity contribution >= 4 is 22.9 Å². The molecular weight excluding hydrogens is 306 g/mol. The molecule has 0 radical (unpaired) electrons. The molecule has 0 fully saturated rings. The Morgan fingerprint density at radius 3 is 2.62 bits per heavy atom. The number of hydrogen-bond donors (Lipinski definition) is 3. The van der Waals surface area contributed by atoms with Gasteiger partial charge in [0.1, 0.15) is 5.82 Å². The Hall–Kier alpha value is -3.15. The first-order chi connectivity index (χ1) is 11.5. The van der Waals surface area contributed by atoms with Crippen molar-refractivity contribution in [3.63, 3.8) is 0 Å². The minimum absolute atomic E-state index is 0.00699. The van der Waals surface area contributed by atoms with E-state index in [0.29, 0.717) is 11.4 Å². The fraction of sp³-hybridized carbons (Fsp3) is 0.167. The maximum Gasteiger partial charge on any atom is 0.335 e. The summed E-state index contributed by atoms with van der Waals surface area (Å²) >= 11 is 0. The van der Waals surface area contributed by atoms with E-state index >= 15 is 0 Å². The summed E-state index contributed by atoms with van der Waals surface area (Å²) in [4.78, 5) is 31.1. The van der Waals surface area contributed by atoms with Crippen LogP contribution >= 0.6 is 0 Å². The van der Waals surface area contributed by atoms with Crippen LogP contribution in [0.3, 0.4) is 0 Å². The van der Waals surface area contributed by atoms with Crippen molar-refractivity contribution in [2.75, 3.05) is 0 Å². The summed E-state index contributed by atoms with van der Waals surface area (Å²) in [6.07, 6.45) is 0.00699. The first kappa shape index (κ1) is 15.7. The summed E-state index contributed by atoms with van der Waals surface area (Å²) in [5, 5.41) is 12.0. The van der Waals surface area contributed by atoms with E-state index in [-0.39, 0.29) is 23.9 Å². The van der Waals surface area contributed by atoms with Gasteiger partial charge < -0.3 is 15.4 Å². The van der Waals surface area contributed by atoms with Gasteiger partial charge in [-0.15, -0.1) is 0 Å². The highest BCUT2D eigenvalue weighted by Gasteiger charge is 2.16. The summed E-state index contributed by atoms with van der Waals surface area (Å²) in [6, 6.07) is 13.8. The number of hydrogen-bond acceptors (Lipinski definition) is 3. The molecule has 1 atom stereocenters. The van der Waals surface area contributed by atoms with Crippen LogP contribution in [0.1, 0.15) is 34.7 Å². The Morgan fingerprint density at radius 2 is 1.88 bits per heavy atom. The van der Waals surface area contributed by atoms with Gasteiger partial charge in [-0.3, -0.25) is 4.79 Å². The highest BCUT2D eigenvalue weighted by Crippen LogP contribution is 2.16. The third-order valence-corrected chi connectivity index (χ3v) is 3.79. The van der Waals surface area contributed by atoms with E-state index in [9.17, 15) is 14.7 Å². The number of benzene rings is 2. The number of nitrogens with zero attached hydrogens (tertiary/aromatic N) is 1. The van der Waals surface area contributed by atoms with Crippen molar-refractivity contribution in [2.24, 2.45) is 0 Å². The minimum atomic E-state index is -1.04. The van der Waals surface area contributed by atoms with Gasteiger partial charge in [0.2, 0.25) is 5.91 Å². The summed E-state index contributed by atoms with van der Waals surface area (Å²) in [6.45, 7) is 1.83. The number of carboxylic acids is 1. The highest BCUT2D eigenvalue weighted by molar-refractivity contribution is 5.91. The van der Waals surface area contributed by atoms with Crippen molar-refractivity contribution in [2.45, 2.75) is 19.4 Å². The molecule has 0 saturated carbocycles. The number of aromatic amines is 1. The van der Waals surface area contributed by atoms with E-state index in [1.54, 1.807) is 18.2 Å². The molecule has 0 unspecified atom stereocenters. The van der Waals surface area contributed by atoms with E-state index in [0.717, 1.165) is 11.0 Å². The molecule has 1 aromatic heterocycles. The fourth-order valence-corrected chi connectivity index (χ4v) is 2.59. The molecule has 24 heavy (non-hydrogen) atoms. The van der Waals surface area contributed by atoms with E-state index in [4.69, 9.17) is 0 Å². The summed E-state index contributed by atoms with van der Waals surface area (Å²) in [5.74, 6) is -0.628. The van der Waals surface area contributed by atoms with E-state index in [1.165, 1.54) is 6.07 Å². The van der Waals surface area contributed by atoms with Gasteiger partial charge in [0.05, 0.1) is 29.1 Å². The number of imidazole rings is 1. The van der Waals surface area contributed by atoms with Gasteiger partial charge >= 0.3 is 5.97 Å². The number of para-hydroxylation sites is 2. The van der Waals surface area contributed by atoms with Crippen molar-refractivity contribution in [1.29, 1.82) is 0 Å². The third-order valence-electron chi connectivity index (χ3n) is 3.79. The van der Waals surface area contributed by atoms with Crippen LogP contribution in [0.15, 0.2) is 48.5 Å². The Bertz CT molecular complexity index is 868. The Balaban J connectivity index is 1.71. The van der Waals surface area contributed by atoms with Gasteiger partial charge in [-0.25, -0.2) is 9.78 Å². The van der Waals surface area contributed by atoms with Gasteiger partial charge in [-0.2, -0.15) is 0 Å². The van der Waals surface area contributed by atoms with Crippen molar-refractivity contribution in [3.8, 4) is 0 Å². The smallest absolute Gasteiger partial charge is 0.335 e. The highest BCUT2D eigenvalue weighted by atomic mass is 16.4. The number of rotatable bonds is 5. The molecule has 0 aliphatic carbocycles. The molecule has 3 rings (SSSR count). The molecule has 6 heteroatoms. The SMILES string of the molecule is C[C@H](NC(=O)Cc1ccccc1C(=O)O)c1nc2ccccc2[nH]1. The number of aromatic carboxylic acids is 1. The van der Waals surface area contributed by atoms with E-state index in [2.05, 4.69) is 15.3 Å². The molecule has 0 aliphatic rings. The van der Waals surface area contributed by atoms with Crippen LogP contribution in [-0.2, 0) is 11.2 Å². The monoisotopic (exact) mass is 323 g/mol. The molecule has 122 valence electrons. The number of aromatic nitrogens is 2. The fourth-order valence-electron chi connectivity index (χ4n) is 2.59. The number of nitrogens with one attached hydrogen (secondary N) is 2. The summed E-state index contributed by atoms with van der Waals surface area (Å²) in [5.41, 5.74) is 2.37. The van der Waals surface area contributed by atoms with Crippen LogP contribution in [0.2, 0.25) is 0 Å². The molecule has 3 N–H and O–H groups in total. The zero-order valence-electron chi connectivity index (χ0n) is 13.1. The number of amides is 1. The van der Waals surface area contributed by atoms with Crippen LogP contribution in [0.4, 0.5) is 0 Å². The summed E-state index contributed by atoms with van der Waals surface area (Å²) < 4.78 is 0.